The Morgan fingerprint density at radius 3 is 2.80 bits per heavy atom. The van der Waals surface area contributed by atoms with Crippen LogP contribution >= 0.6 is 0 Å². The number of amides is 2. The van der Waals surface area contributed by atoms with Gasteiger partial charge in [-0.1, -0.05) is 6.42 Å². The van der Waals surface area contributed by atoms with Crippen LogP contribution in [0, 0.1) is 0 Å². The fourth-order valence-electron chi connectivity index (χ4n) is 3.20. The van der Waals surface area contributed by atoms with E-state index in [1.165, 1.54) is 0 Å². The number of carbonyl (C=O) groups is 2. The number of nitrogens with zero attached hydrogens (tertiary/aromatic N) is 3. The van der Waals surface area contributed by atoms with E-state index in [-0.39, 0.29) is 24.5 Å². The average molecular weight is 346 g/mol. The Kier molecular flexibility index (Phi) is 6.33. The number of ether oxygens (including phenoxy) is 1. The molecular formula is C18H26N4O3. The second kappa shape index (κ2) is 8.89. The molecule has 2 aliphatic heterocycles. The van der Waals surface area contributed by atoms with Gasteiger partial charge in [-0.05, 0) is 32.1 Å². The Hall–Kier alpha value is -2.02. The number of hydrogen-bond acceptors (Lipinski definition) is 5. The summed E-state index contributed by atoms with van der Waals surface area (Å²) in [7, 11) is 0. The lowest BCUT2D eigenvalue weighted by molar-refractivity contribution is -0.135. The maximum atomic E-state index is 12.1. The van der Waals surface area contributed by atoms with E-state index in [0.29, 0.717) is 25.3 Å². The fraction of sp³-hybridized carbons (Fsp3) is 0.667. The monoisotopic (exact) mass is 346 g/mol. The van der Waals surface area contributed by atoms with Gasteiger partial charge in [0.15, 0.2) is 5.82 Å². The van der Waals surface area contributed by atoms with Gasteiger partial charge in [0.1, 0.15) is 6.10 Å². The molecular weight excluding hydrogens is 320 g/mol. The number of hydrogen-bond donors (Lipinski definition) is 1. The van der Waals surface area contributed by atoms with Gasteiger partial charge in [-0.15, -0.1) is 0 Å². The van der Waals surface area contributed by atoms with E-state index >= 15 is 0 Å². The van der Waals surface area contributed by atoms with Crippen LogP contribution in [0.25, 0.3) is 0 Å². The maximum Gasteiger partial charge on any atom is 0.239 e. The predicted molar refractivity (Wildman–Crippen MR) is 91.5 cm³/mol. The standard InChI is InChI=1S/C18H26N4O3/c23-16(13-22-8-4-1-2-7-17(22)24)19-10-14-11-20-18(21-12-14)15-6-3-5-9-25-15/h11-12,15H,1-10,13H2,(H,19,23)/t15-/m1/s1. The van der Waals surface area contributed by atoms with Crippen molar-refractivity contribution in [3.05, 3.63) is 23.8 Å². The Labute approximate surface area is 148 Å². The van der Waals surface area contributed by atoms with Gasteiger partial charge >= 0.3 is 0 Å². The zero-order chi connectivity index (χ0) is 17.5. The largest absolute Gasteiger partial charge is 0.370 e. The van der Waals surface area contributed by atoms with Crippen LogP contribution in [0.3, 0.4) is 0 Å². The van der Waals surface area contributed by atoms with E-state index in [2.05, 4.69) is 15.3 Å². The lowest BCUT2D eigenvalue weighted by atomic mass is 10.1. The van der Waals surface area contributed by atoms with Gasteiger partial charge in [0.05, 0.1) is 6.54 Å². The molecule has 2 saturated heterocycles. The molecule has 1 aromatic rings. The summed E-state index contributed by atoms with van der Waals surface area (Å²) >= 11 is 0. The maximum absolute atomic E-state index is 12.1. The molecule has 7 nitrogen and oxygen atoms in total. The van der Waals surface area contributed by atoms with E-state index in [1.807, 2.05) is 0 Å². The topological polar surface area (TPSA) is 84.4 Å². The molecule has 0 radical (unpaired) electrons. The first-order chi connectivity index (χ1) is 12.2. The number of nitrogens with one attached hydrogen (secondary N) is 1. The lowest BCUT2D eigenvalue weighted by Crippen LogP contribution is -2.40. The van der Waals surface area contributed by atoms with Crippen molar-refractivity contribution in [2.24, 2.45) is 0 Å². The van der Waals surface area contributed by atoms with Crippen LogP contribution < -0.4 is 5.32 Å². The molecule has 1 atom stereocenters. The first kappa shape index (κ1) is 17.8. The molecule has 7 heteroatoms. The van der Waals surface area contributed by atoms with Crippen LogP contribution in [0.2, 0.25) is 0 Å². The van der Waals surface area contributed by atoms with Gasteiger partial charge in [-0.3, -0.25) is 9.59 Å². The van der Waals surface area contributed by atoms with Crippen molar-refractivity contribution >= 4 is 11.8 Å². The number of likely N-dealkylation sites (tertiary alicyclic amines) is 1. The molecule has 2 aliphatic rings. The second-order valence-corrected chi connectivity index (χ2v) is 6.71. The molecule has 0 aromatic carbocycles. The van der Waals surface area contributed by atoms with E-state index < -0.39 is 0 Å². The van der Waals surface area contributed by atoms with Gasteiger partial charge in [0.25, 0.3) is 0 Å². The minimum Gasteiger partial charge on any atom is -0.370 e. The minimum absolute atomic E-state index is 0.00793. The molecule has 0 aliphatic carbocycles. The molecule has 0 spiro atoms. The van der Waals surface area contributed by atoms with Crippen molar-refractivity contribution in [1.82, 2.24) is 20.2 Å². The summed E-state index contributed by atoms with van der Waals surface area (Å²) in [6, 6.07) is 0. The Balaban J connectivity index is 1.46. The van der Waals surface area contributed by atoms with E-state index in [9.17, 15) is 9.59 Å². The summed E-state index contributed by atoms with van der Waals surface area (Å²) in [5, 5.41) is 2.84. The summed E-state index contributed by atoms with van der Waals surface area (Å²) in [5.74, 6) is 0.646. The summed E-state index contributed by atoms with van der Waals surface area (Å²) < 4.78 is 5.67. The molecule has 25 heavy (non-hydrogen) atoms. The normalized spacial score (nSPS) is 21.7. The van der Waals surface area contributed by atoms with Gasteiger partial charge < -0.3 is 15.0 Å². The average Bonchev–Trinajstić information content (AvgIpc) is 2.86. The smallest absolute Gasteiger partial charge is 0.239 e. The van der Waals surface area contributed by atoms with Gasteiger partial charge in [-0.2, -0.15) is 0 Å². The molecule has 0 saturated carbocycles. The van der Waals surface area contributed by atoms with Crippen molar-refractivity contribution < 1.29 is 14.3 Å². The molecule has 0 bridgehead atoms. The van der Waals surface area contributed by atoms with Crippen molar-refractivity contribution in [2.45, 2.75) is 57.6 Å². The van der Waals surface area contributed by atoms with Crippen LogP contribution in [0.1, 0.15) is 62.4 Å². The highest BCUT2D eigenvalue weighted by Gasteiger charge is 2.20. The van der Waals surface area contributed by atoms with Crippen LogP contribution in [-0.4, -0.2) is 46.4 Å². The van der Waals surface area contributed by atoms with E-state index in [1.54, 1.807) is 17.3 Å². The molecule has 3 heterocycles. The number of rotatable bonds is 5. The van der Waals surface area contributed by atoms with E-state index in [0.717, 1.165) is 50.7 Å². The summed E-state index contributed by atoms with van der Waals surface area (Å²) in [4.78, 5) is 34.4. The quantitative estimate of drug-likeness (QED) is 0.878. The SMILES string of the molecule is O=C(CN1CCCCCC1=O)NCc1cnc([C@H]2CCCCO2)nc1. The van der Waals surface area contributed by atoms with Crippen LogP contribution in [0.5, 0.6) is 0 Å². The van der Waals surface area contributed by atoms with E-state index in [4.69, 9.17) is 4.74 Å². The molecule has 2 amide bonds. The summed E-state index contributed by atoms with van der Waals surface area (Å²) in [6.07, 6.45) is 10.1. The minimum atomic E-state index is -0.144. The third-order valence-electron chi connectivity index (χ3n) is 4.69. The molecule has 1 aromatic heterocycles. The third kappa shape index (κ3) is 5.22. The zero-order valence-electron chi connectivity index (χ0n) is 14.6. The highest BCUT2D eigenvalue weighted by atomic mass is 16.5. The molecule has 136 valence electrons. The number of aromatic nitrogens is 2. The Bertz CT molecular complexity index is 584. The first-order valence-electron chi connectivity index (χ1n) is 9.19. The highest BCUT2D eigenvalue weighted by Crippen LogP contribution is 2.24. The van der Waals surface area contributed by atoms with Gasteiger partial charge in [-0.25, -0.2) is 9.97 Å². The van der Waals surface area contributed by atoms with Crippen molar-refractivity contribution in [3.63, 3.8) is 0 Å². The van der Waals surface area contributed by atoms with Gasteiger partial charge in [0, 0.05) is 44.1 Å². The van der Waals surface area contributed by atoms with Crippen LogP contribution in [0.15, 0.2) is 12.4 Å². The lowest BCUT2D eigenvalue weighted by Gasteiger charge is -2.21. The third-order valence-corrected chi connectivity index (χ3v) is 4.69. The summed E-state index contributed by atoms with van der Waals surface area (Å²) in [5.41, 5.74) is 0.843. The number of carbonyl (C=O) groups excluding carboxylic acids is 2. The zero-order valence-corrected chi connectivity index (χ0v) is 14.6. The van der Waals surface area contributed by atoms with Crippen molar-refractivity contribution in [1.29, 1.82) is 0 Å². The molecule has 2 fully saturated rings. The molecule has 0 unspecified atom stereocenters. The van der Waals surface area contributed by atoms with Crippen molar-refractivity contribution in [3.8, 4) is 0 Å². The second-order valence-electron chi connectivity index (χ2n) is 6.71. The molecule has 1 N–H and O–H groups in total. The Morgan fingerprint density at radius 1 is 1.20 bits per heavy atom. The van der Waals surface area contributed by atoms with Crippen LogP contribution in [0.4, 0.5) is 0 Å². The van der Waals surface area contributed by atoms with Crippen LogP contribution in [-0.2, 0) is 20.9 Å². The predicted octanol–water partition coefficient (Wildman–Crippen LogP) is 1.74. The molecule has 3 rings (SSSR count). The van der Waals surface area contributed by atoms with Gasteiger partial charge in [0.2, 0.25) is 11.8 Å². The summed E-state index contributed by atoms with van der Waals surface area (Å²) in [6.45, 7) is 1.94. The highest BCUT2D eigenvalue weighted by molar-refractivity contribution is 5.84. The Morgan fingerprint density at radius 2 is 2.04 bits per heavy atom. The van der Waals surface area contributed by atoms with Crippen molar-refractivity contribution in [2.75, 3.05) is 19.7 Å². The first-order valence-corrected chi connectivity index (χ1v) is 9.19. The fourth-order valence-corrected chi connectivity index (χ4v) is 3.20.